The first-order valence-electron chi connectivity index (χ1n) is 10.0. The van der Waals surface area contributed by atoms with Crippen molar-refractivity contribution in [1.82, 2.24) is 9.91 Å². The Hall–Kier alpha value is -2.03. The number of esters is 1. The molecule has 0 spiro atoms. The van der Waals surface area contributed by atoms with Gasteiger partial charge in [-0.1, -0.05) is 18.6 Å². The normalized spacial score (nSPS) is 22.5. The van der Waals surface area contributed by atoms with Gasteiger partial charge in [0.1, 0.15) is 6.04 Å². The van der Waals surface area contributed by atoms with Crippen LogP contribution in [0, 0.1) is 0 Å². The van der Waals surface area contributed by atoms with Crippen molar-refractivity contribution in [1.29, 1.82) is 0 Å². The molecule has 2 aliphatic heterocycles. The number of nitrogens with zero attached hydrogens (tertiary/aromatic N) is 3. The molecule has 6 nitrogen and oxygen atoms in total. The first-order chi connectivity index (χ1) is 14.2. The number of ether oxygens (including phenoxy) is 1. The van der Waals surface area contributed by atoms with Crippen molar-refractivity contribution in [2.24, 2.45) is 5.10 Å². The summed E-state index contributed by atoms with van der Waals surface area (Å²) in [6.45, 7) is 3.09. The number of piperidine rings is 1. The van der Waals surface area contributed by atoms with Crippen molar-refractivity contribution in [2.75, 3.05) is 19.7 Å². The molecule has 1 amide bonds. The van der Waals surface area contributed by atoms with Gasteiger partial charge in [-0.25, -0.2) is 5.01 Å². The number of thiophene rings is 2. The highest BCUT2D eigenvalue weighted by Gasteiger charge is 2.37. The van der Waals surface area contributed by atoms with E-state index in [-0.39, 0.29) is 30.5 Å². The quantitative estimate of drug-likeness (QED) is 0.651. The molecule has 0 N–H and O–H groups in total. The number of amides is 1. The van der Waals surface area contributed by atoms with Crippen molar-refractivity contribution < 1.29 is 14.3 Å². The van der Waals surface area contributed by atoms with Crippen LogP contribution in [-0.4, -0.2) is 53.2 Å². The van der Waals surface area contributed by atoms with E-state index in [0.717, 1.165) is 41.3 Å². The Bertz CT molecular complexity index is 864. The van der Waals surface area contributed by atoms with E-state index in [1.54, 1.807) is 27.7 Å². The summed E-state index contributed by atoms with van der Waals surface area (Å²) in [5, 5.41) is 10.4. The maximum absolute atomic E-state index is 13.3. The standard InChI is InChI=1S/C21H25N3O3S2/c1-2-27-21(26)16-7-3-4-10-23(16)14-20(25)24-17(19-9-6-12-29-19)13-15(22-24)18-8-5-11-28-18/h5-6,8-9,11-12,16-17H,2-4,7,10,13-14H2,1H3. The van der Waals surface area contributed by atoms with Crippen molar-refractivity contribution in [2.45, 2.75) is 44.7 Å². The molecule has 0 bridgehead atoms. The van der Waals surface area contributed by atoms with E-state index >= 15 is 0 Å². The lowest BCUT2D eigenvalue weighted by molar-refractivity contribution is -0.152. The summed E-state index contributed by atoms with van der Waals surface area (Å²) in [4.78, 5) is 29.9. The first-order valence-corrected chi connectivity index (χ1v) is 11.8. The maximum atomic E-state index is 13.3. The summed E-state index contributed by atoms with van der Waals surface area (Å²) < 4.78 is 5.23. The number of carbonyl (C=O) groups is 2. The van der Waals surface area contributed by atoms with Crippen LogP contribution >= 0.6 is 22.7 Å². The SMILES string of the molecule is CCOC(=O)C1CCCCN1CC(=O)N1N=C(c2cccs2)CC1c1cccs1. The molecule has 0 saturated carbocycles. The second kappa shape index (κ2) is 9.19. The van der Waals surface area contributed by atoms with Gasteiger partial charge < -0.3 is 4.74 Å². The van der Waals surface area contributed by atoms with E-state index < -0.39 is 0 Å². The molecule has 2 aliphatic rings. The molecule has 2 aromatic rings. The van der Waals surface area contributed by atoms with Crippen molar-refractivity contribution in [3.63, 3.8) is 0 Å². The Morgan fingerprint density at radius 2 is 2.03 bits per heavy atom. The molecular formula is C21H25N3O3S2. The van der Waals surface area contributed by atoms with Gasteiger partial charge >= 0.3 is 5.97 Å². The molecule has 1 saturated heterocycles. The highest BCUT2D eigenvalue weighted by molar-refractivity contribution is 7.12. The van der Waals surface area contributed by atoms with Gasteiger partial charge in [0.25, 0.3) is 5.91 Å². The van der Waals surface area contributed by atoms with E-state index in [9.17, 15) is 9.59 Å². The molecule has 8 heteroatoms. The topological polar surface area (TPSA) is 62.2 Å². The zero-order valence-corrected chi connectivity index (χ0v) is 18.1. The van der Waals surface area contributed by atoms with Crippen LogP contribution in [0.3, 0.4) is 0 Å². The minimum atomic E-state index is -0.337. The van der Waals surface area contributed by atoms with Crippen LogP contribution in [0.15, 0.2) is 40.1 Å². The third kappa shape index (κ3) is 4.44. The summed E-state index contributed by atoms with van der Waals surface area (Å²) in [6, 6.07) is 7.70. The van der Waals surface area contributed by atoms with Crippen molar-refractivity contribution >= 4 is 40.3 Å². The lowest BCUT2D eigenvalue weighted by Gasteiger charge is -2.34. The fraction of sp³-hybridized carbons (Fsp3) is 0.476. The summed E-state index contributed by atoms with van der Waals surface area (Å²) in [5.41, 5.74) is 0.951. The van der Waals surface area contributed by atoms with Crippen LogP contribution in [0.25, 0.3) is 0 Å². The van der Waals surface area contributed by atoms with Gasteiger partial charge in [-0.15, -0.1) is 22.7 Å². The zero-order valence-electron chi connectivity index (χ0n) is 16.5. The molecule has 2 aromatic heterocycles. The van der Waals surface area contributed by atoms with Crippen LogP contribution in [0.1, 0.15) is 48.4 Å². The third-order valence-electron chi connectivity index (χ3n) is 5.35. The predicted molar refractivity (Wildman–Crippen MR) is 115 cm³/mol. The van der Waals surface area contributed by atoms with Crippen LogP contribution in [0.5, 0.6) is 0 Å². The van der Waals surface area contributed by atoms with Gasteiger partial charge in [0.15, 0.2) is 0 Å². The van der Waals surface area contributed by atoms with E-state index in [4.69, 9.17) is 9.84 Å². The second-order valence-corrected chi connectivity index (χ2v) is 9.16. The smallest absolute Gasteiger partial charge is 0.323 e. The molecule has 0 radical (unpaired) electrons. The first kappa shape index (κ1) is 20.3. The molecule has 4 heterocycles. The molecule has 0 aliphatic carbocycles. The number of carbonyl (C=O) groups excluding carboxylic acids is 2. The highest BCUT2D eigenvalue weighted by atomic mass is 32.1. The van der Waals surface area contributed by atoms with Crippen LogP contribution in [0.4, 0.5) is 0 Å². The molecule has 1 fully saturated rings. The Kier molecular flexibility index (Phi) is 6.42. The van der Waals surface area contributed by atoms with Crippen molar-refractivity contribution in [3.8, 4) is 0 Å². The van der Waals surface area contributed by atoms with Gasteiger partial charge in [0.2, 0.25) is 0 Å². The molecule has 0 aromatic carbocycles. The minimum Gasteiger partial charge on any atom is -0.465 e. The minimum absolute atomic E-state index is 0.0637. The highest BCUT2D eigenvalue weighted by Crippen LogP contribution is 2.36. The van der Waals surface area contributed by atoms with E-state index in [0.29, 0.717) is 13.0 Å². The maximum Gasteiger partial charge on any atom is 0.323 e. The van der Waals surface area contributed by atoms with Gasteiger partial charge in [0, 0.05) is 11.3 Å². The molecule has 4 rings (SSSR count). The van der Waals surface area contributed by atoms with E-state index in [1.165, 1.54) is 0 Å². The zero-order chi connectivity index (χ0) is 20.2. The van der Waals surface area contributed by atoms with Gasteiger partial charge in [-0.05, 0) is 49.2 Å². The van der Waals surface area contributed by atoms with Gasteiger partial charge in [-0.2, -0.15) is 5.10 Å². The second-order valence-electron chi connectivity index (χ2n) is 7.23. The fourth-order valence-corrected chi connectivity index (χ4v) is 5.50. The summed E-state index contributed by atoms with van der Waals surface area (Å²) in [5.74, 6) is -0.287. The largest absolute Gasteiger partial charge is 0.465 e. The summed E-state index contributed by atoms with van der Waals surface area (Å²) >= 11 is 3.29. The van der Waals surface area contributed by atoms with Gasteiger partial charge in [-0.3, -0.25) is 14.5 Å². The Labute approximate surface area is 178 Å². The average molecular weight is 432 g/mol. The number of hydrogen-bond donors (Lipinski definition) is 0. The van der Waals surface area contributed by atoms with Crippen molar-refractivity contribution in [3.05, 3.63) is 44.8 Å². The molecule has 2 atom stereocenters. The summed E-state index contributed by atoms with van der Waals surface area (Å²) in [6.07, 6.45) is 3.43. The predicted octanol–water partition coefficient (Wildman–Crippen LogP) is 3.90. The lowest BCUT2D eigenvalue weighted by Crippen LogP contribution is -2.49. The van der Waals surface area contributed by atoms with E-state index in [1.807, 2.05) is 40.8 Å². The fourth-order valence-electron chi connectivity index (χ4n) is 3.97. The van der Waals surface area contributed by atoms with Crippen LogP contribution in [-0.2, 0) is 14.3 Å². The number of hydrazone groups is 1. The van der Waals surface area contributed by atoms with Crippen LogP contribution < -0.4 is 0 Å². The Morgan fingerprint density at radius 3 is 2.76 bits per heavy atom. The molecule has 29 heavy (non-hydrogen) atoms. The average Bonchev–Trinajstić information content (AvgIpc) is 3.49. The summed E-state index contributed by atoms with van der Waals surface area (Å²) in [7, 11) is 0. The van der Waals surface area contributed by atoms with Crippen LogP contribution in [0.2, 0.25) is 0 Å². The lowest BCUT2D eigenvalue weighted by atomic mass is 10.0. The number of likely N-dealkylation sites (tertiary alicyclic amines) is 1. The third-order valence-corrected chi connectivity index (χ3v) is 7.25. The molecule has 2 unspecified atom stereocenters. The number of hydrogen-bond acceptors (Lipinski definition) is 7. The van der Waals surface area contributed by atoms with E-state index in [2.05, 4.69) is 6.07 Å². The molecule has 154 valence electrons. The Balaban J connectivity index is 1.53. The Morgan fingerprint density at radius 1 is 1.21 bits per heavy atom. The number of rotatable bonds is 6. The molecular weight excluding hydrogens is 406 g/mol. The van der Waals surface area contributed by atoms with Gasteiger partial charge in [0.05, 0.1) is 29.8 Å². The monoisotopic (exact) mass is 431 g/mol.